The van der Waals surface area contributed by atoms with Crippen molar-refractivity contribution >= 4 is 29.3 Å². The van der Waals surface area contributed by atoms with Crippen LogP contribution in [0.4, 0.5) is 15.9 Å². The molecule has 0 unspecified atom stereocenters. The fourth-order valence-electron chi connectivity index (χ4n) is 4.91. The summed E-state index contributed by atoms with van der Waals surface area (Å²) >= 11 is 0. The van der Waals surface area contributed by atoms with Crippen LogP contribution in [0.15, 0.2) is 36.5 Å². The molecule has 4 rings (SSSR count). The number of hydrogen-bond acceptors (Lipinski definition) is 6. The zero-order valence-electron chi connectivity index (χ0n) is 18.8. The second-order valence-corrected chi connectivity index (χ2v) is 8.76. The van der Waals surface area contributed by atoms with Gasteiger partial charge in [0.05, 0.1) is 17.4 Å². The molecule has 0 aliphatic carbocycles. The molecule has 0 saturated carbocycles. The van der Waals surface area contributed by atoms with Crippen LogP contribution in [0.5, 0.6) is 0 Å². The molecule has 3 heterocycles. The number of primary amides is 1. The van der Waals surface area contributed by atoms with Crippen LogP contribution in [0, 0.1) is 5.82 Å². The van der Waals surface area contributed by atoms with Gasteiger partial charge in [0.25, 0.3) is 5.91 Å². The Morgan fingerprint density at radius 3 is 2.32 bits per heavy atom. The van der Waals surface area contributed by atoms with Crippen molar-refractivity contribution in [3.63, 3.8) is 0 Å². The fourth-order valence-corrected chi connectivity index (χ4v) is 4.91. The van der Waals surface area contributed by atoms with E-state index in [1.807, 2.05) is 4.90 Å². The van der Waals surface area contributed by atoms with Crippen LogP contribution in [0.25, 0.3) is 0 Å². The number of carbonyl (C=O) groups is 3. The third-order valence-corrected chi connectivity index (χ3v) is 6.78. The van der Waals surface area contributed by atoms with Gasteiger partial charge in [-0.2, -0.15) is 0 Å². The summed E-state index contributed by atoms with van der Waals surface area (Å²) in [5.74, 6) is -2.66. The molecule has 0 radical (unpaired) electrons. The second-order valence-electron chi connectivity index (χ2n) is 8.76. The number of nitrogens with two attached hydrogens (primary N) is 1. The molecule has 2 fully saturated rings. The smallest absolute Gasteiger partial charge is 0.339 e. The molecule has 34 heavy (non-hydrogen) atoms. The maximum atomic E-state index is 13.9. The molecule has 0 atom stereocenters. The van der Waals surface area contributed by atoms with E-state index in [-0.39, 0.29) is 28.5 Å². The van der Waals surface area contributed by atoms with E-state index in [2.05, 4.69) is 15.2 Å². The van der Waals surface area contributed by atoms with Gasteiger partial charge in [-0.1, -0.05) is 18.6 Å². The topological polar surface area (TPSA) is 129 Å². The van der Waals surface area contributed by atoms with E-state index in [0.29, 0.717) is 25.9 Å². The molecule has 10 heteroatoms. The number of nitrogens with zero attached hydrogens (tertiary/aromatic N) is 3. The van der Waals surface area contributed by atoms with Crippen LogP contribution in [-0.4, -0.2) is 64.5 Å². The zero-order chi connectivity index (χ0) is 24.3. The third-order valence-electron chi connectivity index (χ3n) is 6.78. The number of nitrogens with one attached hydrogen (secondary N) is 1. The van der Waals surface area contributed by atoms with Crippen molar-refractivity contribution in [2.45, 2.75) is 37.6 Å². The molecule has 2 saturated heterocycles. The number of benzene rings is 1. The number of carbonyl (C=O) groups excluding carboxylic acids is 2. The van der Waals surface area contributed by atoms with Gasteiger partial charge in [0, 0.05) is 13.1 Å². The highest BCUT2D eigenvalue weighted by Crippen LogP contribution is 2.34. The first-order valence-corrected chi connectivity index (χ1v) is 11.4. The Kier molecular flexibility index (Phi) is 6.78. The summed E-state index contributed by atoms with van der Waals surface area (Å²) in [5, 5.41) is 12.3. The average molecular weight is 470 g/mol. The summed E-state index contributed by atoms with van der Waals surface area (Å²) in [6, 6.07) is 6.83. The van der Waals surface area contributed by atoms with Crippen LogP contribution in [0.3, 0.4) is 0 Å². The van der Waals surface area contributed by atoms with E-state index in [0.717, 1.165) is 32.4 Å². The zero-order valence-corrected chi connectivity index (χ0v) is 18.8. The minimum absolute atomic E-state index is 0.0871. The van der Waals surface area contributed by atoms with E-state index >= 15 is 0 Å². The Labute approximate surface area is 196 Å². The molecular weight excluding hydrogens is 441 g/mol. The number of piperidine rings is 2. The van der Waals surface area contributed by atoms with Gasteiger partial charge >= 0.3 is 5.97 Å². The van der Waals surface area contributed by atoms with E-state index in [9.17, 15) is 23.9 Å². The standard InChI is InChI=1S/C24H28FN5O4/c25-19-7-3-2-6-17(19)21(31)28-16-14-18(22(32)33)20(27-15-16)29-12-8-24(9-13-29,23(26)34)30-10-4-1-5-11-30/h2-3,6-7,14-15H,1,4-5,8-13H2,(H2,26,34)(H,28,31)(H,32,33). The molecule has 2 aliphatic heterocycles. The maximum absolute atomic E-state index is 13.9. The van der Waals surface area contributed by atoms with Crippen molar-refractivity contribution in [2.75, 3.05) is 36.4 Å². The Balaban J connectivity index is 1.52. The number of hydrogen-bond donors (Lipinski definition) is 3. The SMILES string of the molecule is NC(=O)C1(N2CCCCC2)CCN(c2ncc(NC(=O)c3ccccc3F)cc2C(=O)O)CC1. The van der Waals surface area contributed by atoms with E-state index in [4.69, 9.17) is 5.73 Å². The van der Waals surface area contributed by atoms with Gasteiger partial charge in [-0.3, -0.25) is 14.5 Å². The molecule has 9 nitrogen and oxygen atoms in total. The lowest BCUT2D eigenvalue weighted by Crippen LogP contribution is -2.63. The third kappa shape index (κ3) is 4.58. The average Bonchev–Trinajstić information content (AvgIpc) is 2.84. The Bertz CT molecular complexity index is 1090. The van der Waals surface area contributed by atoms with Crippen molar-refractivity contribution in [3.05, 3.63) is 53.5 Å². The van der Waals surface area contributed by atoms with Crippen molar-refractivity contribution < 1.29 is 23.9 Å². The molecule has 1 aromatic heterocycles. The van der Waals surface area contributed by atoms with Crippen molar-refractivity contribution in [1.29, 1.82) is 0 Å². The number of aromatic nitrogens is 1. The Hall–Kier alpha value is -3.53. The largest absolute Gasteiger partial charge is 0.478 e. The van der Waals surface area contributed by atoms with Crippen LogP contribution >= 0.6 is 0 Å². The lowest BCUT2D eigenvalue weighted by atomic mass is 9.83. The predicted octanol–water partition coefficient (Wildman–Crippen LogP) is 2.48. The molecular formula is C24H28FN5O4. The number of anilines is 2. The van der Waals surface area contributed by atoms with Crippen LogP contribution in [0.2, 0.25) is 0 Å². The van der Waals surface area contributed by atoms with Crippen molar-refractivity contribution in [1.82, 2.24) is 9.88 Å². The van der Waals surface area contributed by atoms with Gasteiger partial charge < -0.3 is 21.1 Å². The summed E-state index contributed by atoms with van der Waals surface area (Å²) in [6.45, 7) is 2.51. The number of amides is 2. The lowest BCUT2D eigenvalue weighted by Gasteiger charge is -2.48. The minimum atomic E-state index is -1.20. The lowest BCUT2D eigenvalue weighted by molar-refractivity contribution is -0.132. The number of likely N-dealkylation sites (tertiary alicyclic amines) is 1. The number of carboxylic acids is 1. The number of aromatic carboxylic acids is 1. The van der Waals surface area contributed by atoms with Crippen LogP contribution in [-0.2, 0) is 4.79 Å². The summed E-state index contributed by atoms with van der Waals surface area (Å²) in [6.07, 6.45) is 5.51. The summed E-state index contributed by atoms with van der Waals surface area (Å²) in [4.78, 5) is 45.2. The molecule has 0 bridgehead atoms. The number of halogens is 1. The van der Waals surface area contributed by atoms with Gasteiger partial charge in [0.15, 0.2) is 0 Å². The molecule has 2 aliphatic rings. The maximum Gasteiger partial charge on any atom is 0.339 e. The van der Waals surface area contributed by atoms with Crippen LogP contribution < -0.4 is 16.0 Å². The van der Waals surface area contributed by atoms with Crippen LogP contribution in [0.1, 0.15) is 52.8 Å². The molecule has 1 aromatic carbocycles. The summed E-state index contributed by atoms with van der Waals surface area (Å²) < 4.78 is 13.9. The van der Waals surface area contributed by atoms with Gasteiger partial charge in [-0.15, -0.1) is 0 Å². The Morgan fingerprint density at radius 1 is 1.03 bits per heavy atom. The molecule has 180 valence electrons. The first-order valence-electron chi connectivity index (χ1n) is 11.4. The highest BCUT2D eigenvalue weighted by Gasteiger charge is 2.45. The minimum Gasteiger partial charge on any atom is -0.478 e. The van der Waals surface area contributed by atoms with E-state index in [1.165, 1.54) is 36.5 Å². The Morgan fingerprint density at radius 2 is 1.71 bits per heavy atom. The first kappa shape index (κ1) is 23.6. The monoisotopic (exact) mass is 469 g/mol. The van der Waals surface area contributed by atoms with E-state index < -0.39 is 23.2 Å². The summed E-state index contributed by atoms with van der Waals surface area (Å²) in [5.41, 5.74) is 5.02. The predicted molar refractivity (Wildman–Crippen MR) is 124 cm³/mol. The quantitative estimate of drug-likeness (QED) is 0.593. The number of pyridine rings is 1. The van der Waals surface area contributed by atoms with Gasteiger partial charge in [0.1, 0.15) is 22.7 Å². The number of carboxylic acid groups (broad SMARTS) is 1. The molecule has 2 aromatic rings. The first-order chi connectivity index (χ1) is 16.3. The normalized spacial score (nSPS) is 18.3. The second kappa shape index (κ2) is 9.76. The highest BCUT2D eigenvalue weighted by molar-refractivity contribution is 6.05. The van der Waals surface area contributed by atoms with Gasteiger partial charge in [-0.25, -0.2) is 14.2 Å². The van der Waals surface area contributed by atoms with Crippen molar-refractivity contribution in [3.8, 4) is 0 Å². The van der Waals surface area contributed by atoms with Gasteiger partial charge in [0.2, 0.25) is 5.91 Å². The molecule has 2 amide bonds. The van der Waals surface area contributed by atoms with E-state index in [1.54, 1.807) is 0 Å². The molecule has 4 N–H and O–H groups in total. The van der Waals surface area contributed by atoms with Crippen molar-refractivity contribution in [2.24, 2.45) is 5.73 Å². The highest BCUT2D eigenvalue weighted by atomic mass is 19.1. The molecule has 0 spiro atoms. The number of rotatable bonds is 6. The van der Waals surface area contributed by atoms with Gasteiger partial charge in [-0.05, 0) is 57.0 Å². The fraction of sp³-hybridized carbons (Fsp3) is 0.417. The summed E-state index contributed by atoms with van der Waals surface area (Å²) in [7, 11) is 0.